The second-order valence-electron chi connectivity index (χ2n) is 7.48. The molecule has 0 N–H and O–H groups in total. The quantitative estimate of drug-likeness (QED) is 0.686. The third kappa shape index (κ3) is 3.27. The summed E-state index contributed by atoms with van der Waals surface area (Å²) >= 11 is 6.38. The molecule has 0 fully saturated rings. The zero-order chi connectivity index (χ0) is 16.5. The maximum Gasteiger partial charge on any atom is 0.151 e. The number of fused-ring (bicyclic) bond motifs is 1. The summed E-state index contributed by atoms with van der Waals surface area (Å²) in [7, 11) is 0. The predicted octanol–water partition coefficient (Wildman–Crippen LogP) is 6.05. The van der Waals surface area contributed by atoms with E-state index in [-0.39, 0.29) is 10.8 Å². The van der Waals surface area contributed by atoms with Gasteiger partial charge in [0, 0.05) is 5.41 Å². The lowest BCUT2D eigenvalue weighted by Crippen LogP contribution is -2.20. The number of nitrogens with zero attached hydrogens (tertiary/aromatic N) is 2. The van der Waals surface area contributed by atoms with Crippen molar-refractivity contribution < 1.29 is 0 Å². The topological polar surface area (TPSA) is 25.8 Å². The van der Waals surface area contributed by atoms with E-state index in [2.05, 4.69) is 64.7 Å². The van der Waals surface area contributed by atoms with E-state index in [4.69, 9.17) is 16.6 Å². The van der Waals surface area contributed by atoms with Crippen LogP contribution in [0.5, 0.6) is 0 Å². The average molecular weight is 319 g/mol. The van der Waals surface area contributed by atoms with Gasteiger partial charge in [-0.3, -0.25) is 0 Å². The van der Waals surface area contributed by atoms with Crippen molar-refractivity contribution in [2.45, 2.75) is 71.6 Å². The molecule has 0 aliphatic heterocycles. The summed E-state index contributed by atoms with van der Waals surface area (Å²) in [5, 5.41) is 0.519. The van der Waals surface area contributed by atoms with Gasteiger partial charge in [-0.1, -0.05) is 65.6 Å². The Bertz CT molecular complexity index is 673. The molecule has 3 heteroatoms. The molecule has 1 unspecified atom stereocenters. The molecular weight excluding hydrogens is 292 g/mol. The lowest BCUT2D eigenvalue weighted by molar-refractivity contribution is 0.414. The first-order chi connectivity index (χ1) is 10.2. The average Bonchev–Trinajstić information content (AvgIpc) is 2.44. The van der Waals surface area contributed by atoms with E-state index in [1.165, 1.54) is 18.4 Å². The lowest BCUT2D eigenvalue weighted by atomic mass is 9.76. The van der Waals surface area contributed by atoms with E-state index < -0.39 is 0 Å². The van der Waals surface area contributed by atoms with Crippen LogP contribution in [-0.4, -0.2) is 9.97 Å². The van der Waals surface area contributed by atoms with Crippen LogP contribution < -0.4 is 0 Å². The smallest absolute Gasteiger partial charge is 0.151 e. The fraction of sp³-hybridized carbons (Fsp3) is 0.579. The third-order valence-corrected chi connectivity index (χ3v) is 4.87. The van der Waals surface area contributed by atoms with Gasteiger partial charge in [-0.05, 0) is 36.0 Å². The van der Waals surface area contributed by atoms with E-state index in [1.54, 1.807) is 0 Å². The Balaban J connectivity index is 2.57. The van der Waals surface area contributed by atoms with Crippen molar-refractivity contribution in [3.63, 3.8) is 0 Å². The van der Waals surface area contributed by atoms with Crippen molar-refractivity contribution in [2.24, 2.45) is 0 Å². The number of hydrogen-bond donors (Lipinski definition) is 0. The molecule has 120 valence electrons. The largest absolute Gasteiger partial charge is 0.247 e. The van der Waals surface area contributed by atoms with Crippen molar-refractivity contribution in [2.75, 3.05) is 0 Å². The molecule has 1 atom stereocenters. The van der Waals surface area contributed by atoms with Gasteiger partial charge in [0.15, 0.2) is 5.15 Å². The molecule has 1 aromatic heterocycles. The van der Waals surface area contributed by atoms with E-state index in [0.717, 1.165) is 23.1 Å². The van der Waals surface area contributed by atoms with Crippen LogP contribution in [0.15, 0.2) is 18.2 Å². The van der Waals surface area contributed by atoms with Crippen molar-refractivity contribution in [1.82, 2.24) is 9.97 Å². The molecule has 1 heterocycles. The van der Waals surface area contributed by atoms with E-state index >= 15 is 0 Å². The summed E-state index contributed by atoms with van der Waals surface area (Å²) < 4.78 is 0. The summed E-state index contributed by atoms with van der Waals surface area (Å²) in [6.07, 6.45) is 3.47. The molecule has 0 bridgehead atoms. The normalized spacial score (nSPS) is 15.0. The van der Waals surface area contributed by atoms with Crippen LogP contribution in [0.1, 0.15) is 72.1 Å². The minimum atomic E-state index is -0.100. The number of hydrogen-bond acceptors (Lipinski definition) is 2. The zero-order valence-corrected chi connectivity index (χ0v) is 15.4. The molecule has 2 rings (SSSR count). The Morgan fingerprint density at radius 3 is 2.23 bits per heavy atom. The minimum absolute atomic E-state index is 0.100. The van der Waals surface area contributed by atoms with Gasteiger partial charge in [0.2, 0.25) is 0 Å². The molecule has 0 spiro atoms. The maximum absolute atomic E-state index is 6.38. The van der Waals surface area contributed by atoms with E-state index in [0.29, 0.717) is 5.15 Å². The Labute approximate surface area is 139 Å². The summed E-state index contributed by atoms with van der Waals surface area (Å²) in [6, 6.07) is 6.46. The monoisotopic (exact) mass is 318 g/mol. The molecule has 0 saturated carbocycles. The van der Waals surface area contributed by atoms with Crippen LogP contribution in [0.4, 0.5) is 0 Å². The molecule has 22 heavy (non-hydrogen) atoms. The molecule has 1 aromatic carbocycles. The Hall–Kier alpha value is -1.15. The van der Waals surface area contributed by atoms with Gasteiger partial charge in [-0.2, -0.15) is 0 Å². The van der Waals surface area contributed by atoms with Crippen LogP contribution in [0.2, 0.25) is 5.15 Å². The highest BCUT2D eigenvalue weighted by Crippen LogP contribution is 2.35. The molecule has 2 nitrogen and oxygen atoms in total. The van der Waals surface area contributed by atoms with E-state index in [9.17, 15) is 0 Å². The number of halogens is 1. The van der Waals surface area contributed by atoms with Gasteiger partial charge in [0.05, 0.1) is 16.7 Å². The number of rotatable bonds is 4. The van der Waals surface area contributed by atoms with Crippen LogP contribution in [0, 0.1) is 0 Å². The van der Waals surface area contributed by atoms with Crippen LogP contribution in [0.3, 0.4) is 0 Å². The number of benzene rings is 1. The molecule has 0 aliphatic rings. The Morgan fingerprint density at radius 1 is 1.00 bits per heavy atom. The van der Waals surface area contributed by atoms with Gasteiger partial charge >= 0.3 is 0 Å². The van der Waals surface area contributed by atoms with Crippen molar-refractivity contribution >= 4 is 22.6 Å². The third-order valence-electron chi connectivity index (χ3n) is 4.61. The fourth-order valence-electron chi connectivity index (χ4n) is 2.96. The second-order valence-corrected chi connectivity index (χ2v) is 7.84. The van der Waals surface area contributed by atoms with Gasteiger partial charge in [-0.25, -0.2) is 9.97 Å². The van der Waals surface area contributed by atoms with Gasteiger partial charge < -0.3 is 0 Å². The molecule has 0 aliphatic carbocycles. The van der Waals surface area contributed by atoms with Crippen LogP contribution >= 0.6 is 11.6 Å². The van der Waals surface area contributed by atoms with E-state index in [1.807, 2.05) is 0 Å². The summed E-state index contributed by atoms with van der Waals surface area (Å²) in [6.45, 7) is 13.1. The predicted molar refractivity (Wildman–Crippen MR) is 95.8 cm³/mol. The standard InChI is InChI=1S/C19H27ClN2/c1-7-11-19(6,8-2)13-9-10-14-15(12-13)22-17(20)16(21-14)18(3,4)5/h9-10,12H,7-8,11H2,1-6H3. The first-order valence-corrected chi connectivity index (χ1v) is 8.57. The SMILES string of the molecule is CCCC(C)(CC)c1ccc2nc(C(C)(C)C)c(Cl)nc2c1. The lowest BCUT2D eigenvalue weighted by Gasteiger charge is -2.29. The Kier molecular flexibility index (Phi) is 4.81. The maximum atomic E-state index is 6.38. The summed E-state index contributed by atoms with van der Waals surface area (Å²) in [5.74, 6) is 0. The molecular formula is C19H27ClN2. The van der Waals surface area contributed by atoms with Gasteiger partial charge in [0.1, 0.15) is 0 Å². The van der Waals surface area contributed by atoms with Gasteiger partial charge in [-0.15, -0.1) is 0 Å². The zero-order valence-electron chi connectivity index (χ0n) is 14.6. The first kappa shape index (κ1) is 17.2. The molecule has 2 aromatic rings. The minimum Gasteiger partial charge on any atom is -0.247 e. The first-order valence-electron chi connectivity index (χ1n) is 8.19. The summed E-state index contributed by atoms with van der Waals surface area (Å²) in [4.78, 5) is 9.36. The summed E-state index contributed by atoms with van der Waals surface area (Å²) in [5.41, 5.74) is 4.11. The molecule has 0 amide bonds. The van der Waals surface area contributed by atoms with Crippen molar-refractivity contribution in [3.05, 3.63) is 34.6 Å². The van der Waals surface area contributed by atoms with Crippen LogP contribution in [-0.2, 0) is 10.8 Å². The second kappa shape index (κ2) is 6.16. The highest BCUT2D eigenvalue weighted by Gasteiger charge is 2.25. The van der Waals surface area contributed by atoms with Gasteiger partial charge in [0.25, 0.3) is 0 Å². The highest BCUT2D eigenvalue weighted by molar-refractivity contribution is 6.30. The number of aromatic nitrogens is 2. The fourth-order valence-corrected chi connectivity index (χ4v) is 3.38. The molecule has 0 saturated heterocycles. The highest BCUT2D eigenvalue weighted by atomic mass is 35.5. The van der Waals surface area contributed by atoms with Crippen molar-refractivity contribution in [1.29, 1.82) is 0 Å². The Morgan fingerprint density at radius 2 is 1.68 bits per heavy atom. The molecule has 0 radical (unpaired) electrons. The van der Waals surface area contributed by atoms with Crippen molar-refractivity contribution in [3.8, 4) is 0 Å². The van der Waals surface area contributed by atoms with Crippen LogP contribution in [0.25, 0.3) is 11.0 Å².